The van der Waals surface area contributed by atoms with Gasteiger partial charge in [-0.15, -0.1) is 0 Å². The summed E-state index contributed by atoms with van der Waals surface area (Å²) in [6, 6.07) is 7.54. The van der Waals surface area contributed by atoms with Crippen LogP contribution in [0.25, 0.3) is 0 Å². The van der Waals surface area contributed by atoms with Gasteiger partial charge in [0.05, 0.1) is 5.75 Å². The first kappa shape index (κ1) is 21.2. The minimum absolute atomic E-state index is 0.0969. The van der Waals surface area contributed by atoms with Crippen molar-refractivity contribution in [3.63, 3.8) is 0 Å². The van der Waals surface area contributed by atoms with Crippen molar-refractivity contribution in [2.24, 2.45) is 10.4 Å². The Morgan fingerprint density at radius 1 is 1.26 bits per heavy atom. The number of benzene rings is 1. The van der Waals surface area contributed by atoms with Gasteiger partial charge in [0.1, 0.15) is 9.84 Å². The summed E-state index contributed by atoms with van der Waals surface area (Å²) in [6.07, 6.45) is 3.86. The average molecular weight is 395 g/mol. The topological polar surface area (TPSA) is 99.7 Å². The Morgan fingerprint density at radius 2 is 2.00 bits per heavy atom. The van der Waals surface area contributed by atoms with Crippen molar-refractivity contribution < 1.29 is 13.2 Å². The summed E-state index contributed by atoms with van der Waals surface area (Å²) in [5.74, 6) is 0.801. The molecule has 2 rings (SSSR count). The van der Waals surface area contributed by atoms with Crippen LogP contribution in [0.1, 0.15) is 35.7 Å². The Kier molecular flexibility index (Phi) is 7.24. The number of rotatable bonds is 9. The number of hydrogen-bond donors (Lipinski definition) is 3. The maximum absolute atomic E-state index is 11.7. The smallest absolute Gasteiger partial charge is 0.251 e. The fourth-order valence-corrected chi connectivity index (χ4v) is 4.50. The van der Waals surface area contributed by atoms with E-state index in [4.69, 9.17) is 0 Å². The number of sulfone groups is 1. The van der Waals surface area contributed by atoms with Gasteiger partial charge in [0, 0.05) is 43.9 Å². The first-order valence-electron chi connectivity index (χ1n) is 9.28. The minimum Gasteiger partial charge on any atom is -0.357 e. The molecule has 0 unspecified atom stereocenters. The fraction of sp³-hybridized carbons (Fsp3) is 0.579. The molecule has 0 bridgehead atoms. The Hall–Kier alpha value is -2.09. The molecule has 1 aromatic carbocycles. The van der Waals surface area contributed by atoms with Crippen LogP contribution >= 0.6 is 0 Å². The molecule has 0 saturated heterocycles. The van der Waals surface area contributed by atoms with Gasteiger partial charge in [0.25, 0.3) is 5.91 Å². The van der Waals surface area contributed by atoms with E-state index in [0.717, 1.165) is 31.4 Å². The normalized spacial score (nSPS) is 15.9. The quantitative estimate of drug-likeness (QED) is 0.428. The molecule has 0 aromatic heterocycles. The van der Waals surface area contributed by atoms with Crippen LogP contribution in [-0.2, 0) is 16.3 Å². The van der Waals surface area contributed by atoms with Crippen molar-refractivity contribution in [3.8, 4) is 0 Å². The Labute approximate surface area is 162 Å². The highest BCUT2D eigenvalue weighted by Gasteiger charge is 2.45. The summed E-state index contributed by atoms with van der Waals surface area (Å²) >= 11 is 0. The standard InChI is InChI=1S/C19H30N4O3S/c1-4-21-18(23-13-19(9-10-19)14-27(3,25)26)22-11-8-15-6-5-7-16(12-15)17(24)20-2/h5-7,12H,4,8-11,13-14H2,1-3H3,(H,20,24)(H2,21,22,23). The van der Waals surface area contributed by atoms with Crippen molar-refractivity contribution in [2.45, 2.75) is 26.2 Å². The molecule has 0 radical (unpaired) electrons. The maximum Gasteiger partial charge on any atom is 0.251 e. The Bertz CT molecular complexity index is 786. The predicted molar refractivity (Wildman–Crippen MR) is 109 cm³/mol. The van der Waals surface area contributed by atoms with Crippen LogP contribution in [0.4, 0.5) is 0 Å². The molecule has 1 amide bonds. The SMILES string of the molecule is CCNC(=NCC1(CS(C)(=O)=O)CC1)NCCc1cccc(C(=O)NC)c1. The van der Waals surface area contributed by atoms with Crippen LogP contribution in [0.2, 0.25) is 0 Å². The van der Waals surface area contributed by atoms with Crippen molar-refractivity contribution in [3.05, 3.63) is 35.4 Å². The van der Waals surface area contributed by atoms with Crippen molar-refractivity contribution in [1.82, 2.24) is 16.0 Å². The molecule has 1 fully saturated rings. The van der Waals surface area contributed by atoms with Gasteiger partial charge in [-0.05, 0) is 43.9 Å². The molecule has 0 spiro atoms. The molecule has 150 valence electrons. The molecular weight excluding hydrogens is 364 g/mol. The van der Waals surface area contributed by atoms with Crippen LogP contribution in [-0.4, -0.2) is 59.0 Å². The van der Waals surface area contributed by atoms with Crippen LogP contribution in [0.3, 0.4) is 0 Å². The number of carbonyl (C=O) groups excluding carboxylic acids is 1. The van der Waals surface area contributed by atoms with Crippen molar-refractivity contribution in [1.29, 1.82) is 0 Å². The second-order valence-electron chi connectivity index (χ2n) is 7.22. The van der Waals surface area contributed by atoms with E-state index < -0.39 is 9.84 Å². The molecule has 7 nitrogen and oxygen atoms in total. The van der Waals surface area contributed by atoms with Gasteiger partial charge < -0.3 is 16.0 Å². The van der Waals surface area contributed by atoms with Gasteiger partial charge in [0.15, 0.2) is 5.96 Å². The maximum atomic E-state index is 11.7. The van der Waals surface area contributed by atoms with Crippen LogP contribution < -0.4 is 16.0 Å². The van der Waals surface area contributed by atoms with E-state index in [0.29, 0.717) is 24.6 Å². The van der Waals surface area contributed by atoms with Gasteiger partial charge in [-0.3, -0.25) is 9.79 Å². The van der Waals surface area contributed by atoms with E-state index in [9.17, 15) is 13.2 Å². The molecule has 1 saturated carbocycles. The van der Waals surface area contributed by atoms with E-state index in [1.54, 1.807) is 13.1 Å². The summed E-state index contributed by atoms with van der Waals surface area (Å²) in [6.45, 7) is 3.91. The van der Waals surface area contributed by atoms with Gasteiger partial charge in [-0.25, -0.2) is 8.42 Å². The molecule has 3 N–H and O–H groups in total. The Morgan fingerprint density at radius 3 is 2.59 bits per heavy atom. The van der Waals surface area contributed by atoms with Crippen molar-refractivity contribution >= 4 is 21.7 Å². The molecule has 0 aliphatic heterocycles. The second kappa shape index (κ2) is 9.21. The largest absolute Gasteiger partial charge is 0.357 e. The highest BCUT2D eigenvalue weighted by atomic mass is 32.2. The lowest BCUT2D eigenvalue weighted by Gasteiger charge is -2.15. The lowest BCUT2D eigenvalue weighted by molar-refractivity contribution is 0.0963. The average Bonchev–Trinajstić information content (AvgIpc) is 3.37. The number of guanidine groups is 1. The number of carbonyl (C=O) groups is 1. The highest BCUT2D eigenvalue weighted by molar-refractivity contribution is 7.90. The van der Waals surface area contributed by atoms with E-state index >= 15 is 0 Å². The third-order valence-electron chi connectivity index (χ3n) is 4.56. The lowest BCUT2D eigenvalue weighted by atomic mass is 10.1. The van der Waals surface area contributed by atoms with Crippen molar-refractivity contribution in [2.75, 3.05) is 38.7 Å². The molecule has 1 aliphatic carbocycles. The number of amides is 1. The lowest BCUT2D eigenvalue weighted by Crippen LogP contribution is -2.39. The van der Waals surface area contributed by atoms with Gasteiger partial charge >= 0.3 is 0 Å². The molecule has 0 atom stereocenters. The molecule has 1 aliphatic rings. The van der Waals surface area contributed by atoms with Gasteiger partial charge in [0.2, 0.25) is 0 Å². The summed E-state index contributed by atoms with van der Waals surface area (Å²) in [5, 5.41) is 9.11. The van der Waals surface area contributed by atoms with Gasteiger partial charge in [-0.1, -0.05) is 12.1 Å². The number of hydrogen-bond acceptors (Lipinski definition) is 4. The van der Waals surface area contributed by atoms with Crippen LogP contribution in [0.15, 0.2) is 29.3 Å². The first-order chi connectivity index (χ1) is 12.8. The third kappa shape index (κ3) is 7.21. The summed E-state index contributed by atoms with van der Waals surface area (Å²) in [4.78, 5) is 16.3. The van der Waals surface area contributed by atoms with E-state index in [2.05, 4.69) is 20.9 Å². The summed E-state index contributed by atoms with van der Waals surface area (Å²) in [5.41, 5.74) is 1.53. The first-order valence-corrected chi connectivity index (χ1v) is 11.3. The number of nitrogens with one attached hydrogen (secondary N) is 3. The van der Waals surface area contributed by atoms with E-state index in [1.165, 1.54) is 6.26 Å². The third-order valence-corrected chi connectivity index (χ3v) is 5.70. The number of aliphatic imine (C=N–C) groups is 1. The molecular formula is C19H30N4O3S. The molecule has 8 heteroatoms. The molecule has 27 heavy (non-hydrogen) atoms. The van der Waals surface area contributed by atoms with Crippen LogP contribution in [0.5, 0.6) is 0 Å². The monoisotopic (exact) mass is 394 g/mol. The molecule has 1 aromatic rings. The Balaban J connectivity index is 1.90. The molecule has 0 heterocycles. The predicted octanol–water partition coefficient (Wildman–Crippen LogP) is 0.969. The van der Waals surface area contributed by atoms with E-state index in [-0.39, 0.29) is 17.1 Å². The van der Waals surface area contributed by atoms with Gasteiger partial charge in [-0.2, -0.15) is 0 Å². The summed E-state index contributed by atoms with van der Waals surface area (Å²) in [7, 11) is -1.37. The zero-order valence-corrected chi connectivity index (χ0v) is 17.2. The van der Waals surface area contributed by atoms with Crippen LogP contribution in [0, 0.1) is 5.41 Å². The summed E-state index contributed by atoms with van der Waals surface area (Å²) < 4.78 is 23.2. The number of nitrogens with zero attached hydrogens (tertiary/aromatic N) is 1. The minimum atomic E-state index is -2.99. The zero-order chi connectivity index (χ0) is 19.9. The zero-order valence-electron chi connectivity index (χ0n) is 16.3. The second-order valence-corrected chi connectivity index (χ2v) is 9.36. The van der Waals surface area contributed by atoms with E-state index in [1.807, 2.05) is 25.1 Å². The highest BCUT2D eigenvalue weighted by Crippen LogP contribution is 2.46. The fourth-order valence-electron chi connectivity index (χ4n) is 3.01.